The van der Waals surface area contributed by atoms with Gasteiger partial charge in [0.25, 0.3) is 5.91 Å². The van der Waals surface area contributed by atoms with Gasteiger partial charge in [0.1, 0.15) is 11.5 Å². The number of rotatable bonds is 6. The second-order valence-electron chi connectivity index (χ2n) is 9.50. The fourth-order valence-electron chi connectivity index (χ4n) is 4.58. The summed E-state index contributed by atoms with van der Waals surface area (Å²) < 4.78 is 48.6. The minimum Gasteiger partial charge on any atom is -0.480 e. The van der Waals surface area contributed by atoms with Crippen LogP contribution in [0, 0.1) is 11.8 Å². The summed E-state index contributed by atoms with van der Waals surface area (Å²) in [6.45, 7) is 6.19. The molecular formula is C29H28F3N7O2. The molecule has 1 aliphatic rings. The van der Waals surface area contributed by atoms with Gasteiger partial charge in [0.2, 0.25) is 5.88 Å². The highest BCUT2D eigenvalue weighted by molar-refractivity contribution is 6.04. The van der Waals surface area contributed by atoms with Gasteiger partial charge in [0.05, 0.1) is 18.9 Å². The predicted octanol–water partition coefficient (Wildman–Crippen LogP) is 3.94. The third kappa shape index (κ3) is 6.65. The molecule has 212 valence electrons. The average molecular weight is 564 g/mol. The van der Waals surface area contributed by atoms with Gasteiger partial charge in [-0.15, -0.1) is 5.10 Å². The van der Waals surface area contributed by atoms with E-state index < -0.39 is 17.6 Å². The van der Waals surface area contributed by atoms with Gasteiger partial charge in [-0.3, -0.25) is 9.69 Å². The number of anilines is 1. The van der Waals surface area contributed by atoms with Crippen molar-refractivity contribution in [2.75, 3.05) is 45.2 Å². The zero-order valence-corrected chi connectivity index (χ0v) is 22.6. The van der Waals surface area contributed by atoms with Crippen LogP contribution in [-0.4, -0.2) is 75.1 Å². The number of benzene rings is 1. The van der Waals surface area contributed by atoms with Crippen LogP contribution in [-0.2, 0) is 12.7 Å². The summed E-state index contributed by atoms with van der Waals surface area (Å²) in [5.74, 6) is 5.81. The standard InChI is InChI=1S/C29H28F3N7O2/c1-3-37-12-14-38(15-13-37)19-22-6-5-21(17-24(22)29(30,31)32)28(40)35-25-16-20(10-11-33-25)4-7-23-18-34-26-8-9-27(41-2)36-39(23)26/h5-6,8-11,16-18H,3,12-15,19H2,1-2H3,(H,33,35,40). The molecule has 9 nitrogen and oxygen atoms in total. The van der Waals surface area contributed by atoms with Crippen LogP contribution in [0.2, 0.25) is 0 Å². The summed E-state index contributed by atoms with van der Waals surface area (Å²) in [6, 6.07) is 10.3. The fourth-order valence-corrected chi connectivity index (χ4v) is 4.58. The highest BCUT2D eigenvalue weighted by Crippen LogP contribution is 2.33. The highest BCUT2D eigenvalue weighted by atomic mass is 19.4. The van der Waals surface area contributed by atoms with Crippen LogP contribution in [0.1, 0.15) is 39.7 Å². The molecule has 0 radical (unpaired) electrons. The number of carbonyl (C=O) groups excluding carboxylic acids is 1. The Labute approximate surface area is 235 Å². The van der Waals surface area contributed by atoms with Gasteiger partial charge in [-0.2, -0.15) is 13.2 Å². The molecule has 3 aromatic heterocycles. The van der Waals surface area contributed by atoms with Crippen molar-refractivity contribution in [2.45, 2.75) is 19.6 Å². The molecule has 4 heterocycles. The number of likely N-dealkylation sites (N-methyl/N-ethyl adjacent to an activating group) is 1. The van der Waals surface area contributed by atoms with E-state index in [1.807, 2.05) is 4.90 Å². The number of imidazole rings is 1. The van der Waals surface area contributed by atoms with Crippen LogP contribution in [0.25, 0.3) is 5.65 Å². The van der Waals surface area contributed by atoms with Crippen molar-refractivity contribution in [3.8, 4) is 17.7 Å². The van der Waals surface area contributed by atoms with E-state index in [0.717, 1.165) is 25.7 Å². The Morgan fingerprint density at radius 2 is 1.80 bits per heavy atom. The largest absolute Gasteiger partial charge is 0.480 e. The number of methoxy groups -OCH3 is 1. The predicted molar refractivity (Wildman–Crippen MR) is 147 cm³/mol. The Morgan fingerprint density at radius 3 is 2.54 bits per heavy atom. The minimum atomic E-state index is -4.60. The molecule has 41 heavy (non-hydrogen) atoms. The summed E-state index contributed by atoms with van der Waals surface area (Å²) in [6.07, 6.45) is -1.56. The van der Waals surface area contributed by atoms with Crippen molar-refractivity contribution in [1.82, 2.24) is 29.4 Å². The summed E-state index contributed by atoms with van der Waals surface area (Å²) >= 11 is 0. The van der Waals surface area contributed by atoms with Gasteiger partial charge in [0, 0.05) is 56.1 Å². The monoisotopic (exact) mass is 563 g/mol. The van der Waals surface area contributed by atoms with E-state index in [1.54, 1.807) is 28.9 Å². The summed E-state index contributed by atoms with van der Waals surface area (Å²) in [7, 11) is 1.51. The number of piperazine rings is 1. The van der Waals surface area contributed by atoms with Gasteiger partial charge in [-0.25, -0.2) is 14.5 Å². The van der Waals surface area contributed by atoms with Crippen molar-refractivity contribution in [2.24, 2.45) is 0 Å². The Balaban J connectivity index is 1.31. The number of fused-ring (bicyclic) bond motifs is 1. The number of aromatic nitrogens is 4. The van der Waals surface area contributed by atoms with Crippen LogP contribution in [0.4, 0.5) is 19.0 Å². The molecule has 1 N–H and O–H groups in total. The molecule has 1 aromatic carbocycles. The van der Waals surface area contributed by atoms with Crippen molar-refractivity contribution in [3.05, 3.63) is 82.8 Å². The molecule has 0 unspecified atom stereocenters. The van der Waals surface area contributed by atoms with Gasteiger partial charge in [0.15, 0.2) is 5.65 Å². The number of hydrogen-bond donors (Lipinski definition) is 1. The topological polar surface area (TPSA) is 87.9 Å². The fraction of sp³-hybridized carbons (Fsp3) is 0.310. The third-order valence-corrected chi connectivity index (χ3v) is 6.87. The number of alkyl halides is 3. The van der Waals surface area contributed by atoms with E-state index in [0.29, 0.717) is 35.9 Å². The Morgan fingerprint density at radius 1 is 1.02 bits per heavy atom. The van der Waals surface area contributed by atoms with Crippen molar-refractivity contribution < 1.29 is 22.7 Å². The van der Waals surface area contributed by atoms with E-state index in [-0.39, 0.29) is 23.5 Å². The lowest BCUT2D eigenvalue weighted by Crippen LogP contribution is -2.45. The van der Waals surface area contributed by atoms with Crippen molar-refractivity contribution >= 4 is 17.4 Å². The average Bonchev–Trinajstić information content (AvgIpc) is 3.38. The first kappa shape index (κ1) is 28.1. The molecule has 0 atom stereocenters. The molecule has 1 amide bonds. The smallest absolute Gasteiger partial charge is 0.416 e. The molecule has 1 saturated heterocycles. The number of nitrogens with one attached hydrogen (secondary N) is 1. The third-order valence-electron chi connectivity index (χ3n) is 6.87. The maximum atomic E-state index is 14.0. The van der Waals surface area contributed by atoms with Crippen molar-refractivity contribution in [1.29, 1.82) is 0 Å². The van der Waals surface area contributed by atoms with Gasteiger partial charge in [-0.1, -0.05) is 18.9 Å². The Hall–Kier alpha value is -4.47. The Kier molecular flexibility index (Phi) is 8.19. The minimum absolute atomic E-state index is 0.110. The summed E-state index contributed by atoms with van der Waals surface area (Å²) in [5.41, 5.74) is 0.876. The van der Waals surface area contributed by atoms with Crippen molar-refractivity contribution in [3.63, 3.8) is 0 Å². The number of halogens is 3. The highest BCUT2D eigenvalue weighted by Gasteiger charge is 2.34. The lowest BCUT2D eigenvalue weighted by Gasteiger charge is -2.34. The molecular weight excluding hydrogens is 535 g/mol. The maximum Gasteiger partial charge on any atom is 0.416 e. The first-order chi connectivity index (χ1) is 19.7. The molecule has 1 fully saturated rings. The molecule has 5 rings (SSSR count). The van der Waals surface area contributed by atoms with E-state index >= 15 is 0 Å². The van der Waals surface area contributed by atoms with E-state index in [1.165, 1.54) is 31.5 Å². The summed E-state index contributed by atoms with van der Waals surface area (Å²) in [5, 5.41) is 6.88. The Bertz CT molecular complexity index is 1620. The number of hydrogen-bond acceptors (Lipinski definition) is 7. The first-order valence-corrected chi connectivity index (χ1v) is 13.1. The molecule has 0 saturated carbocycles. The zero-order valence-electron chi connectivity index (χ0n) is 22.6. The SMILES string of the molecule is CCN1CCN(Cc2ccc(C(=O)Nc3cc(C#Cc4cnc5ccc(OC)nn45)ccn3)cc2C(F)(F)F)CC1. The van der Waals surface area contributed by atoms with E-state index in [9.17, 15) is 18.0 Å². The normalized spacial score (nSPS) is 14.5. The number of amides is 1. The molecule has 12 heteroatoms. The molecule has 0 spiro atoms. The van der Waals surface area contributed by atoms with Crippen LogP contribution < -0.4 is 10.1 Å². The molecule has 1 aliphatic heterocycles. The quantitative estimate of drug-likeness (QED) is 0.356. The molecule has 0 bridgehead atoms. The zero-order chi connectivity index (χ0) is 29.0. The van der Waals surface area contributed by atoms with Gasteiger partial charge in [-0.05, 0) is 48.4 Å². The van der Waals surface area contributed by atoms with E-state index in [2.05, 4.69) is 44.0 Å². The van der Waals surface area contributed by atoms with E-state index in [4.69, 9.17) is 4.74 Å². The number of pyridine rings is 1. The second kappa shape index (κ2) is 12.0. The second-order valence-corrected chi connectivity index (χ2v) is 9.50. The van der Waals surface area contributed by atoms with Crippen LogP contribution in [0.3, 0.4) is 0 Å². The summed E-state index contributed by atoms with van der Waals surface area (Å²) in [4.78, 5) is 25.6. The first-order valence-electron chi connectivity index (χ1n) is 13.1. The number of ether oxygens (including phenoxy) is 1. The lowest BCUT2D eigenvalue weighted by atomic mass is 10.0. The maximum absolute atomic E-state index is 14.0. The molecule has 0 aliphatic carbocycles. The molecule has 4 aromatic rings. The van der Waals surface area contributed by atoms with Crippen LogP contribution in [0.15, 0.2) is 54.9 Å². The van der Waals surface area contributed by atoms with Crippen LogP contribution >= 0.6 is 0 Å². The van der Waals surface area contributed by atoms with Crippen LogP contribution in [0.5, 0.6) is 5.88 Å². The van der Waals surface area contributed by atoms with Gasteiger partial charge < -0.3 is 15.0 Å². The number of nitrogens with zero attached hydrogens (tertiary/aromatic N) is 6. The number of carbonyl (C=O) groups is 1. The van der Waals surface area contributed by atoms with Gasteiger partial charge >= 0.3 is 6.18 Å². The lowest BCUT2D eigenvalue weighted by molar-refractivity contribution is -0.138.